The van der Waals surface area contributed by atoms with E-state index in [0.29, 0.717) is 12.1 Å². The third kappa shape index (κ3) is 4.82. The van der Waals surface area contributed by atoms with E-state index in [9.17, 15) is 8.42 Å². The standard InChI is InChI=1S/C19H17NO4S/c21-25(22,23)24-19-12-11-17(20-14-15-7-3-1-4-8-15)13-18(19)16-9-5-2-6-10-16/h1-13,20H,14H2,(H,21,22,23). The minimum Gasteiger partial charge on any atom is -0.381 e. The monoisotopic (exact) mass is 355 g/mol. The number of hydrogen-bond donors (Lipinski definition) is 2. The summed E-state index contributed by atoms with van der Waals surface area (Å²) >= 11 is 0. The van der Waals surface area contributed by atoms with Crippen LogP contribution in [0.15, 0.2) is 78.9 Å². The Morgan fingerprint density at radius 1 is 0.880 bits per heavy atom. The van der Waals surface area contributed by atoms with E-state index < -0.39 is 10.4 Å². The predicted octanol–water partition coefficient (Wildman–Crippen LogP) is 4.15. The van der Waals surface area contributed by atoms with Gasteiger partial charge < -0.3 is 9.50 Å². The number of hydrogen-bond acceptors (Lipinski definition) is 4. The highest BCUT2D eigenvalue weighted by molar-refractivity contribution is 7.81. The van der Waals surface area contributed by atoms with Gasteiger partial charge in [0.05, 0.1) is 0 Å². The van der Waals surface area contributed by atoms with Crippen LogP contribution in [0, 0.1) is 0 Å². The average Bonchev–Trinajstić information content (AvgIpc) is 2.61. The van der Waals surface area contributed by atoms with Gasteiger partial charge in [0.2, 0.25) is 0 Å². The molecule has 2 N–H and O–H groups in total. The summed E-state index contributed by atoms with van der Waals surface area (Å²) in [6, 6.07) is 24.2. The minimum atomic E-state index is -4.60. The van der Waals surface area contributed by atoms with Crippen molar-refractivity contribution in [2.45, 2.75) is 6.54 Å². The molecule has 3 aromatic carbocycles. The van der Waals surface area contributed by atoms with E-state index in [1.54, 1.807) is 12.1 Å². The van der Waals surface area contributed by atoms with Crippen molar-refractivity contribution in [1.82, 2.24) is 0 Å². The van der Waals surface area contributed by atoms with Crippen molar-refractivity contribution in [3.63, 3.8) is 0 Å². The molecule has 128 valence electrons. The van der Waals surface area contributed by atoms with Crippen LogP contribution in [0.25, 0.3) is 11.1 Å². The molecule has 0 saturated carbocycles. The Morgan fingerprint density at radius 3 is 2.16 bits per heavy atom. The van der Waals surface area contributed by atoms with Crippen LogP contribution in [0.2, 0.25) is 0 Å². The minimum absolute atomic E-state index is 0.0685. The molecule has 3 aromatic rings. The van der Waals surface area contributed by atoms with Gasteiger partial charge in [0.25, 0.3) is 0 Å². The first-order chi connectivity index (χ1) is 12.0. The summed E-state index contributed by atoms with van der Waals surface area (Å²) in [6.45, 7) is 0.633. The van der Waals surface area contributed by atoms with Crippen LogP contribution in [0.4, 0.5) is 5.69 Å². The zero-order chi connectivity index (χ0) is 17.7. The van der Waals surface area contributed by atoms with Gasteiger partial charge in [-0.3, -0.25) is 4.55 Å². The molecule has 0 radical (unpaired) electrons. The van der Waals surface area contributed by atoms with Crippen LogP contribution in [0.1, 0.15) is 5.56 Å². The van der Waals surface area contributed by atoms with Gasteiger partial charge in [0.15, 0.2) is 5.75 Å². The van der Waals surface area contributed by atoms with Crippen molar-refractivity contribution >= 4 is 16.1 Å². The first-order valence-corrected chi connectivity index (χ1v) is 9.02. The maximum atomic E-state index is 11.1. The van der Waals surface area contributed by atoms with Crippen molar-refractivity contribution < 1.29 is 17.2 Å². The molecule has 0 heterocycles. The van der Waals surface area contributed by atoms with E-state index in [2.05, 4.69) is 5.32 Å². The largest absolute Gasteiger partial charge is 0.446 e. The lowest BCUT2D eigenvalue weighted by molar-refractivity contribution is 0.387. The highest BCUT2D eigenvalue weighted by atomic mass is 32.3. The Bertz CT molecular complexity index is 942. The Morgan fingerprint density at radius 2 is 1.52 bits per heavy atom. The smallest absolute Gasteiger partial charge is 0.381 e. The average molecular weight is 355 g/mol. The van der Waals surface area contributed by atoms with Crippen molar-refractivity contribution in [3.8, 4) is 16.9 Å². The molecule has 5 nitrogen and oxygen atoms in total. The van der Waals surface area contributed by atoms with Crippen LogP contribution in [-0.2, 0) is 16.9 Å². The number of anilines is 1. The zero-order valence-electron chi connectivity index (χ0n) is 13.3. The number of benzene rings is 3. The molecular formula is C19H17NO4S. The summed E-state index contributed by atoms with van der Waals surface area (Å²) in [5.74, 6) is 0.0685. The molecule has 0 fully saturated rings. The van der Waals surface area contributed by atoms with Crippen LogP contribution in [-0.4, -0.2) is 13.0 Å². The first kappa shape index (κ1) is 17.0. The van der Waals surface area contributed by atoms with Gasteiger partial charge in [-0.15, -0.1) is 0 Å². The molecule has 0 spiro atoms. The van der Waals surface area contributed by atoms with Crippen molar-refractivity contribution in [2.24, 2.45) is 0 Å². The Kier molecular flexibility index (Phi) is 5.02. The third-order valence-corrected chi connectivity index (χ3v) is 3.99. The lowest BCUT2D eigenvalue weighted by Gasteiger charge is -2.13. The van der Waals surface area contributed by atoms with Gasteiger partial charge in [-0.05, 0) is 29.3 Å². The van der Waals surface area contributed by atoms with E-state index in [4.69, 9.17) is 8.74 Å². The molecule has 0 bridgehead atoms. The van der Waals surface area contributed by atoms with Gasteiger partial charge in [-0.1, -0.05) is 60.7 Å². The molecule has 0 unspecified atom stereocenters. The van der Waals surface area contributed by atoms with Gasteiger partial charge in [0.1, 0.15) is 0 Å². The van der Waals surface area contributed by atoms with Crippen molar-refractivity contribution in [3.05, 3.63) is 84.4 Å². The molecular weight excluding hydrogens is 338 g/mol. The molecule has 0 atom stereocenters. The maximum absolute atomic E-state index is 11.1. The second kappa shape index (κ2) is 7.38. The quantitative estimate of drug-likeness (QED) is 0.650. The van der Waals surface area contributed by atoms with Gasteiger partial charge in [-0.2, -0.15) is 8.42 Å². The van der Waals surface area contributed by atoms with E-state index in [-0.39, 0.29) is 5.75 Å². The normalized spacial score (nSPS) is 11.1. The number of nitrogens with one attached hydrogen (secondary N) is 1. The molecule has 0 aromatic heterocycles. The fourth-order valence-electron chi connectivity index (χ4n) is 2.47. The SMILES string of the molecule is O=S(=O)(O)Oc1ccc(NCc2ccccc2)cc1-c1ccccc1. The summed E-state index contributed by atoms with van der Waals surface area (Å²) < 4.78 is 35.9. The van der Waals surface area contributed by atoms with Crippen LogP contribution >= 0.6 is 0 Å². The molecule has 3 rings (SSSR count). The lowest BCUT2D eigenvalue weighted by atomic mass is 10.0. The van der Waals surface area contributed by atoms with Crippen molar-refractivity contribution in [2.75, 3.05) is 5.32 Å². The van der Waals surface area contributed by atoms with Crippen LogP contribution in [0.3, 0.4) is 0 Å². The highest BCUT2D eigenvalue weighted by Crippen LogP contribution is 2.33. The van der Waals surface area contributed by atoms with Crippen molar-refractivity contribution in [1.29, 1.82) is 0 Å². The topological polar surface area (TPSA) is 75.6 Å². The van der Waals surface area contributed by atoms with E-state index in [1.165, 1.54) is 6.07 Å². The highest BCUT2D eigenvalue weighted by Gasteiger charge is 2.14. The third-order valence-electron chi connectivity index (χ3n) is 3.60. The second-order valence-electron chi connectivity index (χ2n) is 5.43. The van der Waals surface area contributed by atoms with Crippen LogP contribution < -0.4 is 9.50 Å². The molecule has 25 heavy (non-hydrogen) atoms. The summed E-state index contributed by atoms with van der Waals surface area (Å²) in [7, 11) is -4.60. The Labute approximate surface area is 146 Å². The zero-order valence-corrected chi connectivity index (χ0v) is 14.1. The first-order valence-electron chi connectivity index (χ1n) is 7.65. The second-order valence-corrected chi connectivity index (χ2v) is 6.45. The van der Waals surface area contributed by atoms with Gasteiger partial charge in [0, 0.05) is 17.8 Å². The molecule has 0 aliphatic carbocycles. The molecule has 0 aliphatic rings. The van der Waals surface area contributed by atoms with Gasteiger partial charge >= 0.3 is 10.4 Å². The van der Waals surface area contributed by atoms with Gasteiger partial charge in [-0.25, -0.2) is 0 Å². The number of rotatable bonds is 6. The summed E-state index contributed by atoms with van der Waals surface area (Å²) in [6.07, 6.45) is 0. The van der Waals surface area contributed by atoms with Crippen LogP contribution in [0.5, 0.6) is 5.75 Å². The maximum Gasteiger partial charge on any atom is 0.446 e. The fraction of sp³-hybridized carbons (Fsp3) is 0.0526. The Balaban J connectivity index is 1.91. The summed E-state index contributed by atoms with van der Waals surface area (Å²) in [4.78, 5) is 0. The van der Waals surface area contributed by atoms with E-state index >= 15 is 0 Å². The molecule has 0 aliphatic heterocycles. The molecule has 0 amide bonds. The fourth-order valence-corrected chi connectivity index (χ4v) is 2.84. The van der Waals surface area contributed by atoms with E-state index in [0.717, 1.165) is 16.8 Å². The molecule has 0 saturated heterocycles. The summed E-state index contributed by atoms with van der Waals surface area (Å²) in [5, 5.41) is 3.29. The predicted molar refractivity (Wildman–Crippen MR) is 97.8 cm³/mol. The molecule has 6 heteroatoms. The lowest BCUT2D eigenvalue weighted by Crippen LogP contribution is -2.08. The summed E-state index contributed by atoms with van der Waals surface area (Å²) in [5.41, 5.74) is 3.29. The van der Waals surface area contributed by atoms with E-state index in [1.807, 2.05) is 60.7 Å². The Hall–Kier alpha value is -2.83.